The van der Waals surface area contributed by atoms with Gasteiger partial charge in [0.05, 0.1) is 5.75 Å². The van der Waals surface area contributed by atoms with Crippen molar-refractivity contribution in [3.63, 3.8) is 0 Å². The molecule has 0 amide bonds. The predicted octanol–water partition coefficient (Wildman–Crippen LogP) is 3.13. The molecule has 0 unspecified atom stereocenters. The highest BCUT2D eigenvalue weighted by molar-refractivity contribution is 9.10. The Morgan fingerprint density at radius 2 is 2.18 bits per heavy atom. The summed E-state index contributed by atoms with van der Waals surface area (Å²) in [5.74, 6) is 1.36. The lowest BCUT2D eigenvalue weighted by molar-refractivity contribution is 0.968. The van der Waals surface area contributed by atoms with Crippen LogP contribution in [0.1, 0.15) is 11.5 Å². The first kappa shape index (κ1) is 12.4. The van der Waals surface area contributed by atoms with E-state index in [9.17, 15) is 4.79 Å². The van der Waals surface area contributed by atoms with Gasteiger partial charge in [0.1, 0.15) is 5.82 Å². The number of hydrogen-bond acceptors (Lipinski definition) is 3. The van der Waals surface area contributed by atoms with Gasteiger partial charge in [-0.3, -0.25) is 4.79 Å². The van der Waals surface area contributed by atoms with Crippen LogP contribution in [0.2, 0.25) is 0 Å². The summed E-state index contributed by atoms with van der Waals surface area (Å²) >= 11 is 5.12. The topological polar surface area (TPSA) is 45.8 Å². The van der Waals surface area contributed by atoms with E-state index in [4.69, 9.17) is 0 Å². The Morgan fingerprint density at radius 3 is 2.88 bits per heavy atom. The first-order chi connectivity index (χ1) is 8.15. The molecule has 0 fully saturated rings. The van der Waals surface area contributed by atoms with Crippen molar-refractivity contribution in [1.82, 2.24) is 9.97 Å². The number of halogens is 1. The van der Waals surface area contributed by atoms with E-state index in [1.54, 1.807) is 11.8 Å². The Labute approximate surface area is 112 Å². The Hall–Kier alpha value is -1.07. The second-order valence-corrected chi connectivity index (χ2v) is 5.42. The second kappa shape index (κ2) is 5.51. The maximum Gasteiger partial charge on any atom is 0.251 e. The zero-order chi connectivity index (χ0) is 12.3. The zero-order valence-corrected chi connectivity index (χ0v) is 11.6. The third kappa shape index (κ3) is 3.44. The van der Waals surface area contributed by atoms with E-state index >= 15 is 0 Å². The van der Waals surface area contributed by atoms with Crippen molar-refractivity contribution in [2.24, 2.45) is 0 Å². The fourth-order valence-electron chi connectivity index (χ4n) is 1.42. The number of aromatic amines is 1. The van der Waals surface area contributed by atoms with Gasteiger partial charge in [0.15, 0.2) is 0 Å². The monoisotopic (exact) mass is 310 g/mol. The van der Waals surface area contributed by atoms with Crippen molar-refractivity contribution in [2.75, 3.05) is 0 Å². The number of hydrogen-bond donors (Lipinski definition) is 1. The summed E-state index contributed by atoms with van der Waals surface area (Å²) in [6, 6.07) is 9.48. The molecule has 0 spiro atoms. The Kier molecular flexibility index (Phi) is 4.02. The molecule has 1 aromatic carbocycles. The van der Waals surface area contributed by atoms with Crippen molar-refractivity contribution >= 4 is 27.7 Å². The minimum absolute atomic E-state index is 0.0970. The molecule has 0 bridgehead atoms. The van der Waals surface area contributed by atoms with Gasteiger partial charge in [0.2, 0.25) is 0 Å². The van der Waals surface area contributed by atoms with E-state index in [0.29, 0.717) is 11.6 Å². The number of aromatic nitrogens is 2. The van der Waals surface area contributed by atoms with Gasteiger partial charge in [-0.2, -0.15) is 0 Å². The smallest absolute Gasteiger partial charge is 0.251 e. The molecule has 88 valence electrons. The first-order valence-electron chi connectivity index (χ1n) is 5.09. The van der Waals surface area contributed by atoms with E-state index in [-0.39, 0.29) is 5.56 Å². The molecule has 1 N–H and O–H groups in total. The van der Waals surface area contributed by atoms with E-state index in [1.807, 2.05) is 31.2 Å². The third-order valence-electron chi connectivity index (χ3n) is 2.12. The molecule has 1 heterocycles. The third-order valence-corrected chi connectivity index (χ3v) is 4.16. The number of benzene rings is 1. The second-order valence-electron chi connectivity index (χ2n) is 3.55. The van der Waals surface area contributed by atoms with Crippen molar-refractivity contribution in [1.29, 1.82) is 0 Å². The molecule has 0 aliphatic rings. The molecule has 3 nitrogen and oxygen atoms in total. The van der Waals surface area contributed by atoms with Crippen LogP contribution >= 0.6 is 27.7 Å². The number of aryl methyl sites for hydroxylation is 1. The van der Waals surface area contributed by atoms with E-state index < -0.39 is 0 Å². The predicted molar refractivity (Wildman–Crippen MR) is 73.3 cm³/mol. The summed E-state index contributed by atoms with van der Waals surface area (Å²) in [6.07, 6.45) is 0. The number of H-pyrrole nitrogens is 1. The normalized spacial score (nSPS) is 10.5. The molecule has 1 aromatic heterocycles. The summed E-state index contributed by atoms with van der Waals surface area (Å²) in [4.78, 5) is 19.4. The van der Waals surface area contributed by atoms with Crippen LogP contribution in [-0.4, -0.2) is 9.97 Å². The SMILES string of the molecule is Cc1cc(=O)[nH]c(CSc2ccccc2Br)n1. The minimum atomic E-state index is -0.0970. The molecular weight excluding hydrogens is 300 g/mol. The van der Waals surface area contributed by atoms with Crippen LogP contribution < -0.4 is 5.56 Å². The summed E-state index contributed by atoms with van der Waals surface area (Å²) < 4.78 is 1.06. The van der Waals surface area contributed by atoms with Gasteiger partial charge < -0.3 is 4.98 Å². The fraction of sp³-hybridized carbons (Fsp3) is 0.167. The number of rotatable bonds is 3. The summed E-state index contributed by atoms with van der Waals surface area (Å²) in [5, 5.41) is 0. The lowest BCUT2D eigenvalue weighted by atomic mass is 10.4. The van der Waals surface area contributed by atoms with Crippen LogP contribution in [0.5, 0.6) is 0 Å². The number of thioether (sulfide) groups is 1. The molecule has 0 aliphatic carbocycles. The van der Waals surface area contributed by atoms with Gasteiger partial charge in [-0.15, -0.1) is 11.8 Å². The molecule has 17 heavy (non-hydrogen) atoms. The largest absolute Gasteiger partial charge is 0.310 e. The first-order valence-corrected chi connectivity index (χ1v) is 6.87. The maximum atomic E-state index is 11.3. The molecule has 0 radical (unpaired) electrons. The maximum absolute atomic E-state index is 11.3. The van der Waals surface area contributed by atoms with Crippen LogP contribution in [0.3, 0.4) is 0 Å². The van der Waals surface area contributed by atoms with Gasteiger partial charge in [-0.25, -0.2) is 4.98 Å². The van der Waals surface area contributed by atoms with Crippen molar-refractivity contribution in [2.45, 2.75) is 17.6 Å². The summed E-state index contributed by atoms with van der Waals surface area (Å²) in [5.41, 5.74) is 0.650. The van der Waals surface area contributed by atoms with Crippen LogP contribution in [0, 0.1) is 6.92 Å². The Bertz CT molecular complexity index is 583. The number of nitrogens with one attached hydrogen (secondary N) is 1. The van der Waals surface area contributed by atoms with Crippen molar-refractivity contribution in [3.05, 3.63) is 56.7 Å². The van der Waals surface area contributed by atoms with Crippen LogP contribution in [0.25, 0.3) is 0 Å². The van der Waals surface area contributed by atoms with Crippen molar-refractivity contribution < 1.29 is 0 Å². The molecule has 0 atom stereocenters. The molecule has 0 aliphatic heterocycles. The Balaban J connectivity index is 2.13. The minimum Gasteiger partial charge on any atom is -0.310 e. The lowest BCUT2D eigenvalue weighted by Crippen LogP contribution is -2.10. The highest BCUT2D eigenvalue weighted by atomic mass is 79.9. The van der Waals surface area contributed by atoms with E-state index in [0.717, 1.165) is 15.1 Å². The summed E-state index contributed by atoms with van der Waals surface area (Å²) in [6.45, 7) is 1.82. The molecule has 5 heteroatoms. The highest BCUT2D eigenvalue weighted by Gasteiger charge is 2.02. The van der Waals surface area contributed by atoms with Crippen LogP contribution in [0.15, 0.2) is 44.5 Å². The molecule has 2 rings (SSSR count). The van der Waals surface area contributed by atoms with E-state index in [2.05, 4.69) is 25.9 Å². The average Bonchev–Trinajstić information content (AvgIpc) is 2.27. The average molecular weight is 311 g/mol. The van der Waals surface area contributed by atoms with Gasteiger partial charge in [-0.05, 0) is 35.0 Å². The summed E-state index contributed by atoms with van der Waals surface area (Å²) in [7, 11) is 0. The van der Waals surface area contributed by atoms with E-state index in [1.165, 1.54) is 6.07 Å². The van der Waals surface area contributed by atoms with Crippen molar-refractivity contribution in [3.8, 4) is 0 Å². The van der Waals surface area contributed by atoms with Gasteiger partial charge in [0, 0.05) is 21.1 Å². The molecule has 0 saturated heterocycles. The highest BCUT2D eigenvalue weighted by Crippen LogP contribution is 2.28. The number of nitrogens with zero attached hydrogens (tertiary/aromatic N) is 1. The molecular formula is C12H11BrN2OS. The van der Waals surface area contributed by atoms with Gasteiger partial charge in [-0.1, -0.05) is 12.1 Å². The molecule has 0 saturated carbocycles. The Morgan fingerprint density at radius 1 is 1.41 bits per heavy atom. The standard InChI is InChI=1S/C12H11BrN2OS/c1-8-6-12(16)15-11(14-8)7-17-10-5-3-2-4-9(10)13/h2-6H,7H2,1H3,(H,14,15,16). The fourth-order valence-corrected chi connectivity index (χ4v) is 2.86. The van der Waals surface area contributed by atoms with Crippen LogP contribution in [0.4, 0.5) is 0 Å². The quantitative estimate of drug-likeness (QED) is 0.886. The zero-order valence-electron chi connectivity index (χ0n) is 9.24. The molecule has 2 aromatic rings. The van der Waals surface area contributed by atoms with Gasteiger partial charge in [0.25, 0.3) is 5.56 Å². The van der Waals surface area contributed by atoms with Gasteiger partial charge >= 0.3 is 0 Å². The lowest BCUT2D eigenvalue weighted by Gasteiger charge is -2.04. The van der Waals surface area contributed by atoms with Crippen LogP contribution in [-0.2, 0) is 5.75 Å².